The average Bonchev–Trinajstić information content (AvgIpc) is 4.20. The van der Waals surface area contributed by atoms with Crippen molar-refractivity contribution in [2.75, 3.05) is 9.80 Å². The molecule has 0 amide bonds. The lowest BCUT2D eigenvalue weighted by Crippen LogP contribution is -2.11. The Hall–Kier alpha value is -9.84. The Morgan fingerprint density at radius 2 is 0.649 bits per heavy atom. The van der Waals surface area contributed by atoms with Crippen LogP contribution in [0.3, 0.4) is 0 Å². The summed E-state index contributed by atoms with van der Waals surface area (Å²) in [5, 5.41) is 11.0. The molecular weight excluding hydrogens is 941 g/mol. The summed E-state index contributed by atoms with van der Waals surface area (Å²) in [7, 11) is 0. The maximum Gasteiger partial charge on any atom is 0.159 e. The Kier molecular flexibility index (Phi) is 10.1. The number of anilines is 6. The summed E-state index contributed by atoms with van der Waals surface area (Å²) >= 11 is 0. The van der Waals surface area contributed by atoms with E-state index in [2.05, 4.69) is 268 Å². The Morgan fingerprint density at radius 3 is 1.09 bits per heavy atom. The second-order valence-corrected chi connectivity index (χ2v) is 20.6. The topological polar surface area (TPSA) is 45.9 Å². The Bertz CT molecular complexity index is 4560. The number of nitrogens with zero attached hydrogens (tertiary/aromatic N) is 2. The van der Waals surface area contributed by atoms with Crippen molar-refractivity contribution in [2.24, 2.45) is 0 Å². The Labute approximate surface area is 445 Å². The number of benzene rings is 12. The summed E-state index contributed by atoms with van der Waals surface area (Å²) in [6.45, 7) is 8.67. The average molecular weight is 991 g/mol. The number of aryl methyl sites for hydroxylation is 4. The number of furan rings is 3. The van der Waals surface area contributed by atoms with E-state index in [4.69, 9.17) is 13.3 Å². The summed E-state index contributed by atoms with van der Waals surface area (Å²) in [6, 6.07) is 82.6. The van der Waals surface area contributed by atoms with Gasteiger partial charge in [-0.15, -0.1) is 0 Å². The van der Waals surface area contributed by atoms with Crippen LogP contribution in [-0.4, -0.2) is 0 Å². The van der Waals surface area contributed by atoms with Crippen molar-refractivity contribution in [1.29, 1.82) is 0 Å². The van der Waals surface area contributed by atoms with Gasteiger partial charge in [-0.1, -0.05) is 158 Å². The standard InChI is InChI=1S/C72H50N2O3/c1-43-17-11-13-23-55(43)57-25-15-27-59-61-35-29-45(3)67(71(61)76-69(57)59)73(51-19-7-5-8-20-51)53-33-31-47-39-63-64-40-48-32-34-54(38-50(48)42-66(64)75-65(63)41-49(47)37-53)74(52-21-9-6-10-22-52)68-46(4)30-36-62-60-28-16-26-58(70(60)77-72(62)68)56-24-14-12-18-44(56)2/h5-42H,1-4H3. The number of hydrogen-bond acceptors (Lipinski definition) is 5. The third-order valence-electron chi connectivity index (χ3n) is 15.9. The van der Waals surface area contributed by atoms with Crippen molar-refractivity contribution in [3.05, 3.63) is 253 Å². The molecule has 0 spiro atoms. The molecule has 15 aromatic rings. The van der Waals surface area contributed by atoms with Crippen molar-refractivity contribution in [2.45, 2.75) is 27.7 Å². The summed E-state index contributed by atoms with van der Waals surface area (Å²) in [6.07, 6.45) is 0. The molecule has 3 heterocycles. The third-order valence-corrected chi connectivity index (χ3v) is 15.9. The van der Waals surface area contributed by atoms with E-state index in [0.717, 1.165) is 144 Å². The van der Waals surface area contributed by atoms with Crippen molar-refractivity contribution in [1.82, 2.24) is 0 Å². The molecule has 0 aliphatic heterocycles. The zero-order valence-electron chi connectivity index (χ0n) is 43.1. The molecule has 0 radical (unpaired) electrons. The van der Waals surface area contributed by atoms with E-state index in [1.807, 2.05) is 0 Å². The van der Waals surface area contributed by atoms with Crippen molar-refractivity contribution < 1.29 is 13.3 Å². The van der Waals surface area contributed by atoms with E-state index >= 15 is 0 Å². The summed E-state index contributed by atoms with van der Waals surface area (Å²) in [4.78, 5) is 4.69. The van der Waals surface area contributed by atoms with Crippen LogP contribution in [0, 0.1) is 27.7 Å². The molecule has 0 saturated carbocycles. The quantitative estimate of drug-likeness (QED) is 0.152. The molecule has 0 aliphatic carbocycles. The number of rotatable bonds is 8. The van der Waals surface area contributed by atoms with E-state index in [9.17, 15) is 0 Å². The zero-order chi connectivity index (χ0) is 51.5. The smallest absolute Gasteiger partial charge is 0.159 e. The summed E-state index contributed by atoms with van der Waals surface area (Å²) in [5.41, 5.74) is 20.5. The number of fused-ring (bicyclic) bond motifs is 11. The zero-order valence-corrected chi connectivity index (χ0v) is 43.1. The highest BCUT2D eigenvalue weighted by molar-refractivity contribution is 6.17. The maximum absolute atomic E-state index is 7.10. The van der Waals surface area contributed by atoms with Gasteiger partial charge in [0.15, 0.2) is 11.2 Å². The fourth-order valence-corrected chi connectivity index (χ4v) is 12.1. The van der Waals surface area contributed by atoms with E-state index in [1.165, 1.54) is 22.3 Å². The van der Waals surface area contributed by atoms with Crippen LogP contribution in [0.5, 0.6) is 0 Å². The van der Waals surface area contributed by atoms with E-state index in [0.29, 0.717) is 0 Å². The van der Waals surface area contributed by atoms with E-state index in [-0.39, 0.29) is 0 Å². The first-order valence-electron chi connectivity index (χ1n) is 26.4. The highest BCUT2D eigenvalue weighted by Gasteiger charge is 2.26. The second kappa shape index (κ2) is 17.4. The van der Waals surface area contributed by atoms with Crippen LogP contribution in [0.15, 0.2) is 244 Å². The molecule has 3 aromatic heterocycles. The molecule has 77 heavy (non-hydrogen) atoms. The summed E-state index contributed by atoms with van der Waals surface area (Å²) in [5.74, 6) is 0. The lowest BCUT2D eigenvalue weighted by molar-refractivity contribution is 0.669. The fraction of sp³-hybridized carbons (Fsp3) is 0.0556. The second-order valence-electron chi connectivity index (χ2n) is 20.6. The van der Waals surface area contributed by atoms with Gasteiger partial charge >= 0.3 is 0 Å². The molecule has 5 nitrogen and oxygen atoms in total. The summed E-state index contributed by atoms with van der Waals surface area (Å²) < 4.78 is 21.1. The van der Waals surface area contributed by atoms with Gasteiger partial charge in [-0.2, -0.15) is 0 Å². The Morgan fingerprint density at radius 1 is 0.247 bits per heavy atom. The van der Waals surface area contributed by atoms with Crippen LogP contribution in [0.4, 0.5) is 34.1 Å². The molecule has 0 bridgehead atoms. The highest BCUT2D eigenvalue weighted by atomic mass is 16.3. The lowest BCUT2D eigenvalue weighted by atomic mass is 9.98. The van der Waals surface area contributed by atoms with Gasteiger partial charge in [0.25, 0.3) is 0 Å². The largest absolute Gasteiger partial charge is 0.456 e. The minimum Gasteiger partial charge on any atom is -0.456 e. The van der Waals surface area contributed by atoms with Crippen LogP contribution in [0.1, 0.15) is 22.3 Å². The van der Waals surface area contributed by atoms with Gasteiger partial charge in [-0.05, 0) is 155 Å². The van der Waals surface area contributed by atoms with Crippen LogP contribution in [0.25, 0.3) is 110 Å². The van der Waals surface area contributed by atoms with Crippen molar-refractivity contribution in [3.8, 4) is 22.3 Å². The van der Waals surface area contributed by atoms with Crippen LogP contribution < -0.4 is 9.80 Å². The SMILES string of the molecule is Cc1ccccc1-c1cccc2c1oc1c(N(c3ccccc3)c3ccc4cc5c(cc4c3)oc3cc4cc(N(c6ccccc6)c6c(C)ccc7c6oc6c(-c8ccccc8C)cccc67)ccc4cc35)c(C)ccc12. The molecule has 0 saturated heterocycles. The van der Waals surface area contributed by atoms with E-state index < -0.39 is 0 Å². The number of hydrogen-bond donors (Lipinski definition) is 0. The van der Waals surface area contributed by atoms with Crippen LogP contribution in [0.2, 0.25) is 0 Å². The Balaban J connectivity index is 0.856. The van der Waals surface area contributed by atoms with Gasteiger partial charge < -0.3 is 23.1 Å². The van der Waals surface area contributed by atoms with Crippen LogP contribution in [-0.2, 0) is 0 Å². The normalized spacial score (nSPS) is 11.9. The van der Waals surface area contributed by atoms with Gasteiger partial charge in [0.2, 0.25) is 0 Å². The predicted octanol–water partition coefficient (Wildman–Crippen LogP) is 21.2. The molecule has 0 atom stereocenters. The van der Waals surface area contributed by atoms with Gasteiger partial charge in [0.05, 0.1) is 11.4 Å². The van der Waals surface area contributed by atoms with Gasteiger partial charge in [0, 0.05) is 66.2 Å². The van der Waals surface area contributed by atoms with Gasteiger partial charge in [-0.3, -0.25) is 0 Å². The first kappa shape index (κ1) is 44.6. The maximum atomic E-state index is 7.10. The monoisotopic (exact) mass is 990 g/mol. The third kappa shape index (κ3) is 7.08. The molecule has 0 unspecified atom stereocenters. The molecular formula is C72H50N2O3. The van der Waals surface area contributed by atoms with Gasteiger partial charge in [0.1, 0.15) is 22.3 Å². The minimum absolute atomic E-state index is 0.842. The molecule has 15 rings (SSSR count). The van der Waals surface area contributed by atoms with Crippen LogP contribution >= 0.6 is 0 Å². The first-order valence-corrected chi connectivity index (χ1v) is 26.4. The van der Waals surface area contributed by atoms with Crippen molar-refractivity contribution >= 4 is 121 Å². The molecule has 366 valence electrons. The fourth-order valence-electron chi connectivity index (χ4n) is 12.1. The van der Waals surface area contributed by atoms with Crippen molar-refractivity contribution in [3.63, 3.8) is 0 Å². The molecule has 0 fully saturated rings. The molecule has 0 N–H and O–H groups in total. The molecule has 0 aliphatic rings. The first-order chi connectivity index (χ1) is 37.8. The van der Waals surface area contributed by atoms with E-state index in [1.54, 1.807) is 0 Å². The lowest BCUT2D eigenvalue weighted by Gasteiger charge is -2.27. The van der Waals surface area contributed by atoms with Gasteiger partial charge in [-0.25, -0.2) is 0 Å². The molecule has 5 heteroatoms. The molecule has 12 aromatic carbocycles. The minimum atomic E-state index is 0.842. The number of para-hydroxylation sites is 4. The predicted molar refractivity (Wildman–Crippen MR) is 322 cm³/mol. The highest BCUT2D eigenvalue weighted by Crippen LogP contribution is 2.49.